The summed E-state index contributed by atoms with van der Waals surface area (Å²) in [4.78, 5) is 34.2. The number of benzene rings is 1. The molecule has 3 aromatic rings. The van der Waals surface area contributed by atoms with Crippen LogP contribution in [0.2, 0.25) is 0 Å². The monoisotopic (exact) mass is 608 g/mol. The molecule has 4 fully saturated rings. The van der Waals surface area contributed by atoms with Crippen LogP contribution in [-0.4, -0.2) is 118 Å². The number of likely N-dealkylation sites (N-methyl/N-ethyl adjacent to an activating group) is 1. The number of anilines is 2. The summed E-state index contributed by atoms with van der Waals surface area (Å²) in [5.41, 5.74) is 4.17. The Labute approximate surface area is 265 Å². The predicted octanol–water partition coefficient (Wildman–Crippen LogP) is 3.04. The lowest BCUT2D eigenvalue weighted by atomic mass is 9.79. The fraction of sp³-hybridized carbons (Fsp3) is 0.559. The SMILES string of the molecule is C=CC(=O)N1CC2(CCN(c3nc(N4CCC(N5CCN(C)[C@H](C)C5)CC4)nc(-c4c(C)ccc5cnn(C)c45)c3C#N)C2)C1. The zero-order valence-electron chi connectivity index (χ0n) is 27.0. The molecule has 0 N–H and O–H groups in total. The third kappa shape index (κ3) is 5.14. The van der Waals surface area contributed by atoms with Gasteiger partial charge in [0.15, 0.2) is 5.82 Å². The van der Waals surface area contributed by atoms with Gasteiger partial charge in [0.05, 0.1) is 17.4 Å². The van der Waals surface area contributed by atoms with Crippen molar-refractivity contribution in [2.24, 2.45) is 12.5 Å². The first kappa shape index (κ1) is 29.7. The normalized spacial score (nSPS) is 22.6. The standard InChI is InChI=1S/C34H44N10O/c1-6-28(45)44-21-34(22-44)11-14-43(20-34)32-27(17-35)30(29-23(2)7-8-25-18-36-40(5)31(25)29)37-33(38-32)41-12-9-26(10-13-41)42-16-15-39(4)24(3)19-42/h6-8,18,24,26H,1,9-16,19-22H2,2-5H3/t24-/m1/s1. The van der Waals surface area contributed by atoms with Gasteiger partial charge < -0.3 is 19.6 Å². The molecule has 0 bridgehead atoms. The summed E-state index contributed by atoms with van der Waals surface area (Å²) >= 11 is 0. The average molecular weight is 609 g/mol. The first-order valence-corrected chi connectivity index (χ1v) is 16.3. The number of nitrogens with zero attached hydrogens (tertiary/aromatic N) is 10. The van der Waals surface area contributed by atoms with Gasteiger partial charge in [-0.2, -0.15) is 15.3 Å². The Morgan fingerprint density at radius 1 is 1.07 bits per heavy atom. The Bertz CT molecular complexity index is 1680. The Kier molecular flexibility index (Phi) is 7.53. The second-order valence-corrected chi connectivity index (χ2v) is 13.8. The largest absolute Gasteiger partial charge is 0.355 e. The maximum Gasteiger partial charge on any atom is 0.245 e. The number of nitriles is 1. The van der Waals surface area contributed by atoms with Crippen molar-refractivity contribution in [3.8, 4) is 17.3 Å². The highest BCUT2D eigenvalue weighted by Gasteiger charge is 2.49. The van der Waals surface area contributed by atoms with Crippen LogP contribution in [0.15, 0.2) is 31.0 Å². The lowest BCUT2D eigenvalue weighted by Crippen LogP contribution is -2.59. The number of hydrogen-bond donors (Lipinski definition) is 0. The molecule has 0 saturated carbocycles. The fourth-order valence-corrected chi connectivity index (χ4v) is 8.02. The van der Waals surface area contributed by atoms with Gasteiger partial charge in [0.25, 0.3) is 0 Å². The van der Waals surface area contributed by atoms with Crippen LogP contribution in [0, 0.1) is 23.7 Å². The van der Waals surface area contributed by atoms with Crippen LogP contribution in [0.4, 0.5) is 11.8 Å². The molecule has 7 rings (SSSR count). The Morgan fingerprint density at radius 2 is 1.84 bits per heavy atom. The van der Waals surface area contributed by atoms with Crippen LogP contribution >= 0.6 is 0 Å². The molecule has 236 valence electrons. The Balaban J connectivity index is 1.24. The highest BCUT2D eigenvalue weighted by atomic mass is 16.2. The maximum absolute atomic E-state index is 12.2. The van der Waals surface area contributed by atoms with E-state index < -0.39 is 0 Å². The van der Waals surface area contributed by atoms with Gasteiger partial charge in [-0.05, 0) is 51.8 Å². The topological polar surface area (TPSA) is 101 Å². The molecule has 0 aliphatic carbocycles. The number of aryl methyl sites for hydroxylation is 2. The molecule has 1 amide bonds. The minimum atomic E-state index is -0.0161. The summed E-state index contributed by atoms with van der Waals surface area (Å²) in [5, 5.41) is 16.3. The Hall–Kier alpha value is -4.01. The van der Waals surface area contributed by atoms with E-state index in [-0.39, 0.29) is 11.3 Å². The Morgan fingerprint density at radius 3 is 2.56 bits per heavy atom. The van der Waals surface area contributed by atoms with Crippen LogP contribution in [0.5, 0.6) is 0 Å². The second-order valence-electron chi connectivity index (χ2n) is 13.8. The van der Waals surface area contributed by atoms with Crippen LogP contribution in [0.1, 0.15) is 37.3 Å². The van der Waals surface area contributed by atoms with Gasteiger partial charge in [-0.15, -0.1) is 0 Å². The number of likely N-dealkylation sites (tertiary alicyclic amines) is 1. The van der Waals surface area contributed by atoms with Crippen molar-refractivity contribution >= 4 is 28.6 Å². The minimum absolute atomic E-state index is 0.0161. The van der Waals surface area contributed by atoms with E-state index in [2.05, 4.69) is 70.4 Å². The molecule has 4 aliphatic heterocycles. The van der Waals surface area contributed by atoms with Gasteiger partial charge >= 0.3 is 0 Å². The predicted molar refractivity (Wildman–Crippen MR) is 176 cm³/mol. The molecular formula is C34H44N10O. The van der Waals surface area contributed by atoms with Crippen LogP contribution < -0.4 is 9.80 Å². The molecule has 11 nitrogen and oxygen atoms in total. The number of piperazine rings is 1. The van der Waals surface area contributed by atoms with Crippen molar-refractivity contribution < 1.29 is 4.79 Å². The summed E-state index contributed by atoms with van der Waals surface area (Å²) < 4.78 is 1.88. The number of hydrogen-bond acceptors (Lipinski definition) is 9. The first-order chi connectivity index (χ1) is 21.7. The number of carbonyl (C=O) groups excluding carboxylic acids is 1. The number of amides is 1. The fourth-order valence-electron chi connectivity index (χ4n) is 8.02. The van der Waals surface area contributed by atoms with E-state index in [9.17, 15) is 10.1 Å². The maximum atomic E-state index is 12.2. The number of aromatic nitrogens is 4. The summed E-state index contributed by atoms with van der Waals surface area (Å²) in [6, 6.07) is 7.84. The quantitative estimate of drug-likeness (QED) is 0.405. The molecule has 0 radical (unpaired) electrons. The lowest BCUT2D eigenvalue weighted by molar-refractivity contribution is -0.136. The van der Waals surface area contributed by atoms with Gasteiger partial charge in [-0.3, -0.25) is 14.4 Å². The summed E-state index contributed by atoms with van der Waals surface area (Å²) in [5.74, 6) is 1.38. The van der Waals surface area contributed by atoms with E-state index in [0.29, 0.717) is 48.2 Å². The van der Waals surface area contributed by atoms with Crippen molar-refractivity contribution in [1.82, 2.24) is 34.4 Å². The number of fused-ring (bicyclic) bond motifs is 1. The molecule has 6 heterocycles. The molecule has 0 unspecified atom stereocenters. The minimum Gasteiger partial charge on any atom is -0.355 e. The highest BCUT2D eigenvalue weighted by Crippen LogP contribution is 2.44. The molecule has 1 spiro atoms. The zero-order valence-corrected chi connectivity index (χ0v) is 27.0. The number of carbonyl (C=O) groups is 1. The van der Waals surface area contributed by atoms with Gasteiger partial charge in [-0.1, -0.05) is 18.7 Å². The van der Waals surface area contributed by atoms with Crippen molar-refractivity contribution in [2.75, 3.05) is 75.8 Å². The lowest BCUT2D eigenvalue weighted by Gasteiger charge is -2.47. The van der Waals surface area contributed by atoms with Crippen LogP contribution in [0.3, 0.4) is 0 Å². The van der Waals surface area contributed by atoms with Crippen molar-refractivity contribution in [3.05, 3.63) is 42.1 Å². The molecule has 1 atom stereocenters. The van der Waals surface area contributed by atoms with E-state index in [1.54, 1.807) is 0 Å². The van der Waals surface area contributed by atoms with Gasteiger partial charge in [0, 0.05) is 94.4 Å². The molecule has 4 saturated heterocycles. The third-order valence-electron chi connectivity index (χ3n) is 10.9. The first-order valence-electron chi connectivity index (χ1n) is 16.3. The van der Waals surface area contributed by atoms with E-state index in [1.807, 2.05) is 22.8 Å². The van der Waals surface area contributed by atoms with Crippen molar-refractivity contribution in [1.29, 1.82) is 5.26 Å². The van der Waals surface area contributed by atoms with Gasteiger partial charge in [-0.25, -0.2) is 4.98 Å². The highest BCUT2D eigenvalue weighted by molar-refractivity contribution is 5.97. The van der Waals surface area contributed by atoms with Gasteiger partial charge in [0.2, 0.25) is 11.9 Å². The second kappa shape index (κ2) is 11.4. The van der Waals surface area contributed by atoms with E-state index in [4.69, 9.17) is 9.97 Å². The smallest absolute Gasteiger partial charge is 0.245 e. The molecule has 1 aromatic carbocycles. The molecular weight excluding hydrogens is 564 g/mol. The van der Waals surface area contributed by atoms with Crippen molar-refractivity contribution in [3.63, 3.8) is 0 Å². The summed E-state index contributed by atoms with van der Waals surface area (Å²) in [6.07, 6.45) is 6.36. The summed E-state index contributed by atoms with van der Waals surface area (Å²) in [6.45, 7) is 16.1. The zero-order chi connectivity index (χ0) is 31.5. The van der Waals surface area contributed by atoms with Crippen LogP contribution in [-0.2, 0) is 11.8 Å². The molecule has 4 aliphatic rings. The molecule has 45 heavy (non-hydrogen) atoms. The van der Waals surface area contributed by atoms with E-state index in [0.717, 1.165) is 87.1 Å². The van der Waals surface area contributed by atoms with E-state index in [1.165, 1.54) is 6.08 Å². The van der Waals surface area contributed by atoms with Crippen LogP contribution in [0.25, 0.3) is 22.2 Å². The summed E-state index contributed by atoms with van der Waals surface area (Å²) in [7, 11) is 4.17. The third-order valence-corrected chi connectivity index (χ3v) is 10.9. The van der Waals surface area contributed by atoms with Gasteiger partial charge in [0.1, 0.15) is 11.6 Å². The van der Waals surface area contributed by atoms with E-state index >= 15 is 0 Å². The molecule has 2 aromatic heterocycles. The number of piperidine rings is 1. The van der Waals surface area contributed by atoms with Crippen molar-refractivity contribution in [2.45, 2.75) is 45.2 Å². The number of rotatable bonds is 5. The molecule has 11 heteroatoms. The average Bonchev–Trinajstić information content (AvgIpc) is 3.65.